The number of unbranched alkanes of at least 4 members (excludes halogenated alkanes) is 3. The summed E-state index contributed by atoms with van der Waals surface area (Å²) in [7, 11) is -7.61. The number of aromatic amines is 1. The zero-order valence-corrected chi connectivity index (χ0v) is 46.2. The number of phosphoric ester groups is 1. The van der Waals surface area contributed by atoms with Crippen LogP contribution in [0.2, 0.25) is 0 Å². The van der Waals surface area contributed by atoms with Gasteiger partial charge in [0.15, 0.2) is 23.1 Å². The average molecular weight is 1130 g/mol. The lowest BCUT2D eigenvalue weighted by Crippen LogP contribution is -2.34. The molecule has 2 amide bonds. The number of aliphatic hydroxyl groups excluding tert-OH is 2. The first-order valence-corrected chi connectivity index (χ1v) is 29.0. The van der Waals surface area contributed by atoms with E-state index < -0.39 is 60.2 Å². The number of hydrogen-bond donors (Lipinski definition) is 9. The number of carbonyl (C=O) groups is 2. The Morgan fingerprint density at radius 3 is 2.32 bits per heavy atom. The number of phosphoric acid groups is 3. The number of aliphatic hydroxyl groups is 2. The lowest BCUT2D eigenvalue weighted by atomic mass is 9.64. The van der Waals surface area contributed by atoms with Gasteiger partial charge in [0.05, 0.1) is 6.61 Å². The van der Waals surface area contributed by atoms with Crippen molar-refractivity contribution < 1.29 is 75.5 Å². The van der Waals surface area contributed by atoms with Crippen LogP contribution in [-0.2, 0) is 41.8 Å². The van der Waals surface area contributed by atoms with Gasteiger partial charge >= 0.3 is 15.6 Å². The molecule has 10 N–H and O–H groups in total. The van der Waals surface area contributed by atoms with Crippen LogP contribution in [0.5, 0.6) is 0 Å². The molecule has 29 heteroatoms. The van der Waals surface area contributed by atoms with Gasteiger partial charge < -0.3 is 60.7 Å². The number of nitrogens with zero attached hydrogens (tertiary/aromatic N) is 6. The number of imidazole rings is 1. The molecule has 7 atom stereocenters. The Morgan fingerprint density at radius 1 is 0.935 bits per heavy atom. The molecule has 3 aliphatic rings. The van der Waals surface area contributed by atoms with Crippen LogP contribution in [0.25, 0.3) is 16.7 Å². The van der Waals surface area contributed by atoms with Gasteiger partial charge in [-0.3, -0.25) is 33.0 Å². The maximum absolute atomic E-state index is 14.3. The first-order valence-electron chi connectivity index (χ1n) is 24.5. The molecule has 26 nitrogen and oxygen atoms in total. The second-order valence-corrected chi connectivity index (χ2v) is 24.0. The van der Waals surface area contributed by atoms with Crippen molar-refractivity contribution in [3.63, 3.8) is 0 Å². The molecule has 0 bridgehead atoms. The summed E-state index contributed by atoms with van der Waals surface area (Å²) in [5.74, 6) is -0.673. The van der Waals surface area contributed by atoms with Crippen LogP contribution in [-0.4, -0.2) is 151 Å². The molecule has 0 radical (unpaired) electrons. The molecule has 1 aliphatic heterocycles. The number of aromatic nitrogens is 4. The van der Waals surface area contributed by atoms with E-state index in [0.717, 1.165) is 44.7 Å². The number of benzene rings is 2. The molecular formula is C48H65N10O16P3. The first-order chi connectivity index (χ1) is 36.1. The Balaban J connectivity index is 0.895. The highest BCUT2D eigenvalue weighted by Gasteiger charge is 2.48. The summed E-state index contributed by atoms with van der Waals surface area (Å²) in [5, 5.41) is 27.8. The van der Waals surface area contributed by atoms with Gasteiger partial charge in [0, 0.05) is 76.0 Å². The Hall–Kier alpha value is -5.69. The number of nitrogens with one attached hydrogen (secondary N) is 3. The van der Waals surface area contributed by atoms with Crippen LogP contribution in [0.3, 0.4) is 0 Å². The van der Waals surface area contributed by atoms with E-state index in [1.54, 1.807) is 11.9 Å². The number of ether oxygens (including phenoxy) is 1. The van der Waals surface area contributed by atoms with Crippen molar-refractivity contribution in [2.24, 2.45) is 0 Å². The van der Waals surface area contributed by atoms with Crippen LogP contribution in [0.1, 0.15) is 85.6 Å². The van der Waals surface area contributed by atoms with Crippen LogP contribution < -0.4 is 31.7 Å². The Kier molecular flexibility index (Phi) is 18.2. The number of amides is 2. The van der Waals surface area contributed by atoms with E-state index in [9.17, 15) is 53.0 Å². The van der Waals surface area contributed by atoms with Crippen molar-refractivity contribution in [2.75, 3.05) is 77.4 Å². The summed E-state index contributed by atoms with van der Waals surface area (Å²) < 4.78 is 55.6. The fourth-order valence-electron chi connectivity index (χ4n) is 9.38. The summed E-state index contributed by atoms with van der Waals surface area (Å²) in [6.45, 7) is 4.44. The maximum atomic E-state index is 14.3. The number of nitrogen functional groups attached to an aromatic ring is 1. The second kappa shape index (κ2) is 23.7. The van der Waals surface area contributed by atoms with Gasteiger partial charge in [-0.15, -0.1) is 0 Å². The van der Waals surface area contributed by atoms with Gasteiger partial charge in [0.25, 0.3) is 19.3 Å². The molecule has 418 valence electrons. The molecule has 0 saturated carbocycles. The van der Waals surface area contributed by atoms with Crippen molar-refractivity contribution >= 4 is 75.3 Å². The van der Waals surface area contributed by atoms with Crippen LogP contribution in [0.15, 0.2) is 76.6 Å². The topological polar surface area (TPSA) is 370 Å². The van der Waals surface area contributed by atoms with E-state index in [2.05, 4.69) is 98.5 Å². The third kappa shape index (κ3) is 13.8. The molecule has 2 aromatic heterocycles. The molecular weight excluding hydrogens is 1070 g/mol. The van der Waals surface area contributed by atoms with Crippen molar-refractivity contribution in [3.8, 4) is 0 Å². The third-order valence-electron chi connectivity index (χ3n) is 13.3. The standard InChI is InChI=1S/C48H65N10O16P3/c1-48(2)34-25-28(55(3)4)18-20-32(34)38(33-21-19-29(56(5)6)26-35(33)48)30-15-10-11-16-31(30)44(63)57(7)24-14-17-37(59)50-22-12-8-9-13-23-51-47-52-39-42(53-46(49)54-43(39)62)58(47)45-41(61)40(60)36(72-45)27-71-76(67,68)74-77(69,70)73-75(64,65)66/h10-11,15-16,18-21,25-26,36,40-41,45,60-61H,8-9,12-14,17,22-24,27H2,1-7H3,(H8,49,50,54,59,62,63,64,65,66,67,68,69,70)/t36-,40-,41-,45-/m1/s1. The average Bonchev–Trinajstić information content (AvgIpc) is 3.84. The molecule has 2 aliphatic carbocycles. The van der Waals surface area contributed by atoms with Gasteiger partial charge in [-0.2, -0.15) is 9.29 Å². The van der Waals surface area contributed by atoms with Crippen molar-refractivity contribution in [1.82, 2.24) is 29.7 Å². The summed E-state index contributed by atoms with van der Waals surface area (Å²) in [6, 6.07) is 14.2. The largest absolute Gasteiger partial charge is 0.756 e. The molecule has 2 aromatic carbocycles. The van der Waals surface area contributed by atoms with E-state index >= 15 is 0 Å². The molecule has 7 rings (SSSR count). The number of H-pyrrole nitrogens is 1. The van der Waals surface area contributed by atoms with Gasteiger partial charge in [0.1, 0.15) is 32.4 Å². The fraction of sp³-hybridized carbons (Fsp3) is 0.458. The highest BCUT2D eigenvalue weighted by atomic mass is 31.3. The molecule has 1 saturated heterocycles. The lowest BCUT2D eigenvalue weighted by Gasteiger charge is -2.39. The van der Waals surface area contributed by atoms with Crippen LogP contribution >= 0.6 is 23.5 Å². The van der Waals surface area contributed by atoms with Crippen LogP contribution in [0, 0.1) is 0 Å². The quantitative estimate of drug-likeness (QED) is 0.0293. The number of allylic oxidation sites excluding steroid dienone is 5. The molecule has 1 fully saturated rings. The number of nitrogens with two attached hydrogens (primary N) is 1. The molecule has 3 unspecified atom stereocenters. The predicted octanol–water partition coefficient (Wildman–Crippen LogP) is 3.04. The van der Waals surface area contributed by atoms with Gasteiger partial charge in [0.2, 0.25) is 17.8 Å². The Labute approximate surface area is 443 Å². The highest BCUT2D eigenvalue weighted by Crippen LogP contribution is 2.65. The third-order valence-corrected chi connectivity index (χ3v) is 17.1. The number of hydrogen-bond acceptors (Lipinski definition) is 18. The first kappa shape index (κ1) is 59.0. The Morgan fingerprint density at radius 2 is 1.64 bits per heavy atom. The number of anilines is 3. The van der Waals surface area contributed by atoms with Crippen molar-refractivity contribution in [2.45, 2.75) is 82.3 Å². The zero-order valence-electron chi connectivity index (χ0n) is 43.5. The van der Waals surface area contributed by atoms with E-state index in [0.29, 0.717) is 44.3 Å². The van der Waals surface area contributed by atoms with Gasteiger partial charge in [-0.25, -0.2) is 23.0 Å². The lowest BCUT2D eigenvalue weighted by molar-refractivity contribution is -0.462. The van der Waals surface area contributed by atoms with E-state index in [-0.39, 0.29) is 53.3 Å². The van der Waals surface area contributed by atoms with Crippen molar-refractivity contribution in [3.05, 3.63) is 104 Å². The van der Waals surface area contributed by atoms with Gasteiger partial charge in [-0.1, -0.05) is 51.0 Å². The second-order valence-electron chi connectivity index (χ2n) is 19.7. The predicted molar refractivity (Wildman–Crippen MR) is 283 cm³/mol. The minimum atomic E-state index is -5.91. The summed E-state index contributed by atoms with van der Waals surface area (Å²) in [6.07, 6.45) is 2.86. The van der Waals surface area contributed by atoms with E-state index in [4.69, 9.17) is 15.4 Å². The summed E-state index contributed by atoms with van der Waals surface area (Å²) >= 11 is 0. The summed E-state index contributed by atoms with van der Waals surface area (Å²) in [4.78, 5) is 93.2. The highest BCUT2D eigenvalue weighted by molar-refractivity contribution is 7.66. The minimum absolute atomic E-state index is 0.0489. The smallest absolute Gasteiger partial charge is 0.487 e. The molecule has 4 aromatic rings. The van der Waals surface area contributed by atoms with E-state index in [1.807, 2.05) is 52.5 Å². The maximum Gasteiger partial charge on any atom is 0.487 e. The normalized spacial score (nSPS) is 21.1. The van der Waals surface area contributed by atoms with Crippen molar-refractivity contribution in [1.29, 1.82) is 0 Å². The monoisotopic (exact) mass is 1130 g/mol. The molecule has 77 heavy (non-hydrogen) atoms. The number of carbonyl (C=O) groups excluding carboxylic acids is 2. The number of fused-ring (bicyclic) bond motifs is 3. The molecule has 3 heterocycles. The van der Waals surface area contributed by atoms with E-state index in [1.165, 1.54) is 11.1 Å². The SMILES string of the molecule is CN(CCCC(=O)NCCCCCCNc1nc2c(=O)[nH]c(N)nc2n1[C@@H]1O[C@H](COP(=O)(O)OP(=O)(O)OP(=O)([O-])O)[C@@H](O)[C@H]1O)C(=O)c1ccccc1C1=C2C=CC(=[N+](C)C)C=C2C(C)(C)c2cc(N(C)C)ccc21. The molecule has 0 spiro atoms. The van der Waals surface area contributed by atoms with Gasteiger partial charge in [-0.05, 0) is 76.9 Å². The Bertz CT molecular complexity index is 3250. The number of rotatable bonds is 23. The summed E-state index contributed by atoms with van der Waals surface area (Å²) in [5.41, 5.74) is 13.3. The zero-order chi connectivity index (χ0) is 56.4. The fourth-order valence-corrected chi connectivity index (χ4v) is 12.4. The van der Waals surface area contributed by atoms with Crippen LogP contribution in [0.4, 0.5) is 17.6 Å². The minimum Gasteiger partial charge on any atom is -0.756 e.